The van der Waals surface area contributed by atoms with Crippen LogP contribution in [0, 0.1) is 0 Å². The highest BCUT2D eigenvalue weighted by Crippen LogP contribution is 2.24. The molecule has 0 atom stereocenters. The molecule has 0 heterocycles. The van der Waals surface area contributed by atoms with E-state index in [1.165, 1.54) is 5.56 Å². The van der Waals surface area contributed by atoms with Crippen LogP contribution in [0.2, 0.25) is 5.02 Å². The first-order valence-corrected chi connectivity index (χ1v) is 11.6. The van der Waals surface area contributed by atoms with Crippen molar-refractivity contribution in [2.45, 2.75) is 39.3 Å². The van der Waals surface area contributed by atoms with Gasteiger partial charge in [0.25, 0.3) is 0 Å². The van der Waals surface area contributed by atoms with Gasteiger partial charge in [0.1, 0.15) is 0 Å². The molecule has 3 N–H and O–H groups in total. The predicted octanol–water partition coefficient (Wildman–Crippen LogP) is 4.27. The molecule has 9 heteroatoms. The zero-order valence-corrected chi connectivity index (χ0v) is 19.2. The maximum Gasteiger partial charge on any atom is 0.229 e. The van der Waals surface area contributed by atoms with Crippen LogP contribution in [0.4, 0.5) is 5.69 Å². The zero-order chi connectivity index (χ0) is 21.8. The van der Waals surface area contributed by atoms with Crippen LogP contribution in [0.25, 0.3) is 0 Å². The van der Waals surface area contributed by atoms with Crippen LogP contribution in [0.3, 0.4) is 0 Å². The van der Waals surface area contributed by atoms with Crippen molar-refractivity contribution in [1.29, 1.82) is 0 Å². The Morgan fingerprint density at radius 3 is 2.24 bits per heavy atom. The van der Waals surface area contributed by atoms with Gasteiger partial charge in [0, 0.05) is 6.54 Å². The highest BCUT2D eigenvalue weighted by Gasteiger charge is 2.14. The van der Waals surface area contributed by atoms with Crippen molar-refractivity contribution in [3.8, 4) is 0 Å². The Bertz CT molecular complexity index is 971. The highest BCUT2D eigenvalue weighted by molar-refractivity contribution is 7.92. The molecule has 0 saturated heterocycles. The normalized spacial score (nSPS) is 11.8. The van der Waals surface area contributed by atoms with Gasteiger partial charge in [-0.1, -0.05) is 62.7 Å². The van der Waals surface area contributed by atoms with E-state index >= 15 is 0 Å². The lowest BCUT2D eigenvalue weighted by atomic mass is 9.87. The molecule has 0 spiro atoms. The number of rotatable bonds is 6. The number of nitrogens with zero attached hydrogens (tertiary/aromatic N) is 1. The molecule has 0 aliphatic heterocycles. The molecule has 158 valence electrons. The minimum atomic E-state index is -3.40. The van der Waals surface area contributed by atoms with E-state index in [9.17, 15) is 13.6 Å². The lowest BCUT2D eigenvalue weighted by molar-refractivity contribution is -0.0237. The maximum absolute atomic E-state index is 11.3. The molecule has 0 bridgehead atoms. The summed E-state index contributed by atoms with van der Waals surface area (Å²) in [5.41, 5.74) is 3.32. The van der Waals surface area contributed by atoms with Gasteiger partial charge < -0.3 is 5.32 Å². The average Bonchev–Trinajstić information content (AvgIpc) is 2.60. The molecule has 2 rings (SSSR count). The number of thiocarbonyl (C=S) groups is 1. The quantitative estimate of drug-likeness (QED) is 0.445. The fourth-order valence-electron chi connectivity index (χ4n) is 2.57. The molecular weight excluding hydrogens is 430 g/mol. The third-order valence-electron chi connectivity index (χ3n) is 4.16. The van der Waals surface area contributed by atoms with E-state index in [2.05, 4.69) is 30.8 Å². The first kappa shape index (κ1) is 23.4. The van der Waals surface area contributed by atoms with E-state index in [0.717, 1.165) is 22.4 Å². The summed E-state index contributed by atoms with van der Waals surface area (Å²) in [5, 5.41) is 14.6. The van der Waals surface area contributed by atoms with Gasteiger partial charge in [0.05, 0.1) is 23.5 Å². The van der Waals surface area contributed by atoms with Crippen molar-refractivity contribution in [2.75, 3.05) is 11.0 Å². The third kappa shape index (κ3) is 7.47. The molecule has 0 aliphatic carbocycles. The fourth-order valence-corrected chi connectivity index (χ4v) is 3.60. The summed E-state index contributed by atoms with van der Waals surface area (Å²) in [5.74, 6) is 0. The van der Waals surface area contributed by atoms with Crippen molar-refractivity contribution in [3.63, 3.8) is 0 Å². The molecule has 0 aromatic heterocycles. The number of hydroxylamine groups is 2. The minimum Gasteiger partial charge on any atom is -0.357 e. The van der Waals surface area contributed by atoms with Crippen LogP contribution in [0.1, 0.15) is 37.5 Å². The van der Waals surface area contributed by atoms with Gasteiger partial charge in [-0.25, -0.2) is 13.5 Å². The average molecular weight is 456 g/mol. The predicted molar refractivity (Wildman–Crippen MR) is 122 cm³/mol. The van der Waals surface area contributed by atoms with Crippen molar-refractivity contribution < 1.29 is 13.6 Å². The minimum absolute atomic E-state index is 0.0714. The van der Waals surface area contributed by atoms with Gasteiger partial charge in [-0.15, -0.1) is 0 Å². The second kappa shape index (κ2) is 9.30. The Hall–Kier alpha value is -1.87. The molecule has 0 radical (unpaired) electrons. The van der Waals surface area contributed by atoms with E-state index in [-0.39, 0.29) is 22.1 Å². The fraction of sp³-hybridized carbons (Fsp3) is 0.350. The first-order chi connectivity index (χ1) is 13.3. The maximum atomic E-state index is 11.3. The summed E-state index contributed by atoms with van der Waals surface area (Å²) < 4.78 is 25.0. The van der Waals surface area contributed by atoms with Gasteiger partial charge in [-0.05, 0) is 46.5 Å². The zero-order valence-electron chi connectivity index (χ0n) is 16.9. The number of nitrogens with one attached hydrogen (secondary N) is 2. The van der Waals surface area contributed by atoms with Crippen LogP contribution in [-0.4, -0.2) is 30.1 Å². The van der Waals surface area contributed by atoms with Crippen LogP contribution in [-0.2, 0) is 28.5 Å². The summed E-state index contributed by atoms with van der Waals surface area (Å²) in [6, 6.07) is 13.0. The Balaban J connectivity index is 1.92. The molecule has 0 amide bonds. The second-order valence-corrected chi connectivity index (χ2v) is 10.4. The molecule has 0 fully saturated rings. The van der Waals surface area contributed by atoms with E-state index in [4.69, 9.17) is 23.8 Å². The molecule has 0 saturated carbocycles. The standard InChI is InChI=1S/C20H26ClN3O3S2/c1-20(2,3)16-8-5-14(6-9-16)13-24(25)19(28)22-12-15-7-10-18(17(21)11-15)23-29(4,26)27/h5-11,23,25H,12-13H2,1-4H3,(H,22,28). The Kier molecular flexibility index (Phi) is 7.50. The van der Waals surface area contributed by atoms with E-state index in [1.807, 2.05) is 24.3 Å². The number of sulfonamides is 1. The van der Waals surface area contributed by atoms with Gasteiger partial charge in [0.2, 0.25) is 10.0 Å². The van der Waals surface area contributed by atoms with Crippen LogP contribution in [0.5, 0.6) is 0 Å². The van der Waals surface area contributed by atoms with Crippen molar-refractivity contribution in [1.82, 2.24) is 10.4 Å². The van der Waals surface area contributed by atoms with Gasteiger partial charge in [-0.2, -0.15) is 0 Å². The van der Waals surface area contributed by atoms with Crippen LogP contribution >= 0.6 is 23.8 Å². The van der Waals surface area contributed by atoms with Gasteiger partial charge in [0.15, 0.2) is 5.11 Å². The van der Waals surface area contributed by atoms with Gasteiger partial charge in [-0.3, -0.25) is 9.93 Å². The molecular formula is C20H26ClN3O3S2. The summed E-state index contributed by atoms with van der Waals surface area (Å²) >= 11 is 11.3. The van der Waals surface area contributed by atoms with Crippen LogP contribution in [0.15, 0.2) is 42.5 Å². The summed E-state index contributed by atoms with van der Waals surface area (Å²) in [7, 11) is -3.40. The number of anilines is 1. The van der Waals surface area contributed by atoms with Crippen molar-refractivity contribution in [3.05, 3.63) is 64.2 Å². The Labute approximate surface area is 182 Å². The first-order valence-electron chi connectivity index (χ1n) is 8.95. The van der Waals surface area contributed by atoms with E-state index in [0.29, 0.717) is 12.2 Å². The number of hydrogen-bond donors (Lipinski definition) is 3. The summed E-state index contributed by atoms with van der Waals surface area (Å²) in [6.45, 7) is 7.03. The lowest BCUT2D eigenvalue weighted by Gasteiger charge is -2.21. The van der Waals surface area contributed by atoms with Gasteiger partial charge >= 0.3 is 0 Å². The van der Waals surface area contributed by atoms with Crippen molar-refractivity contribution >= 4 is 44.6 Å². The number of benzene rings is 2. The Morgan fingerprint density at radius 2 is 1.72 bits per heavy atom. The second-order valence-electron chi connectivity index (χ2n) is 7.85. The van der Waals surface area contributed by atoms with Crippen LogP contribution < -0.4 is 10.0 Å². The molecule has 29 heavy (non-hydrogen) atoms. The monoisotopic (exact) mass is 455 g/mol. The Morgan fingerprint density at radius 1 is 1.14 bits per heavy atom. The van der Waals surface area contributed by atoms with Crippen molar-refractivity contribution in [2.24, 2.45) is 0 Å². The molecule has 0 aliphatic rings. The molecule has 2 aromatic carbocycles. The topological polar surface area (TPSA) is 81.7 Å². The smallest absolute Gasteiger partial charge is 0.229 e. The largest absolute Gasteiger partial charge is 0.357 e. The third-order valence-corrected chi connectivity index (χ3v) is 5.42. The molecule has 2 aromatic rings. The molecule has 0 unspecified atom stereocenters. The summed E-state index contributed by atoms with van der Waals surface area (Å²) in [6.07, 6.45) is 1.06. The molecule has 6 nitrogen and oxygen atoms in total. The number of hydrogen-bond acceptors (Lipinski definition) is 4. The van der Waals surface area contributed by atoms with E-state index in [1.54, 1.807) is 18.2 Å². The highest BCUT2D eigenvalue weighted by atomic mass is 35.5. The SMILES string of the molecule is CC(C)(C)c1ccc(CN(O)C(=S)NCc2ccc(NS(C)(=O)=O)c(Cl)c2)cc1. The summed E-state index contributed by atoms with van der Waals surface area (Å²) in [4.78, 5) is 0. The van der Waals surface area contributed by atoms with E-state index < -0.39 is 10.0 Å². The lowest BCUT2D eigenvalue weighted by Crippen LogP contribution is -2.36. The number of halogens is 1.